The second-order valence-electron chi connectivity index (χ2n) is 6.66. The van der Waals surface area contributed by atoms with Crippen LogP contribution < -0.4 is 5.32 Å². The van der Waals surface area contributed by atoms with Gasteiger partial charge in [-0.2, -0.15) is 0 Å². The van der Waals surface area contributed by atoms with Gasteiger partial charge in [-0.25, -0.2) is 0 Å². The van der Waals surface area contributed by atoms with Crippen LogP contribution >= 0.6 is 11.8 Å². The molecular weight excluding hydrogens is 244 g/mol. The molecule has 4 heteroatoms. The lowest BCUT2D eigenvalue weighted by Gasteiger charge is -2.21. The Bertz CT molecular complexity index is 311. The summed E-state index contributed by atoms with van der Waals surface area (Å²) < 4.78 is 5.58. The maximum atomic E-state index is 5.58. The minimum absolute atomic E-state index is 0.398. The highest BCUT2D eigenvalue weighted by Gasteiger charge is 2.27. The fraction of sp³-hybridized carbons (Fsp3) is 0.929. The molecule has 0 radical (unpaired) electrons. The zero-order chi connectivity index (χ0) is 13.2. The van der Waals surface area contributed by atoms with Crippen molar-refractivity contribution in [3.63, 3.8) is 0 Å². The number of aliphatic imine (C=N–C) groups is 1. The van der Waals surface area contributed by atoms with E-state index in [2.05, 4.69) is 38.0 Å². The van der Waals surface area contributed by atoms with Gasteiger partial charge in [-0.3, -0.25) is 4.99 Å². The maximum Gasteiger partial charge on any atom is 0.156 e. The molecular formula is C14H26N2OS. The van der Waals surface area contributed by atoms with E-state index in [4.69, 9.17) is 4.74 Å². The monoisotopic (exact) mass is 270 g/mol. The number of thioether (sulfide) groups is 1. The summed E-state index contributed by atoms with van der Waals surface area (Å²) in [6, 6.07) is 0. The first kappa shape index (κ1) is 14.2. The molecule has 1 saturated heterocycles. The molecule has 2 rings (SSSR count). The Kier molecular flexibility index (Phi) is 4.59. The highest BCUT2D eigenvalue weighted by molar-refractivity contribution is 8.14. The normalized spacial score (nSPS) is 32.7. The third-order valence-corrected chi connectivity index (χ3v) is 4.75. The molecule has 2 aliphatic heterocycles. The molecule has 3 atom stereocenters. The number of ether oxygens (including phenoxy) is 1. The van der Waals surface area contributed by atoms with Gasteiger partial charge in [0, 0.05) is 24.3 Å². The second-order valence-corrected chi connectivity index (χ2v) is 7.95. The maximum absolute atomic E-state index is 5.58. The Morgan fingerprint density at radius 3 is 2.83 bits per heavy atom. The Hall–Kier alpha value is -0.220. The molecule has 104 valence electrons. The summed E-state index contributed by atoms with van der Waals surface area (Å²) in [5.74, 6) is 0.648. The van der Waals surface area contributed by atoms with Crippen LogP contribution in [0.1, 0.15) is 40.5 Å². The van der Waals surface area contributed by atoms with Crippen LogP contribution in [0, 0.1) is 11.3 Å². The van der Waals surface area contributed by atoms with E-state index in [9.17, 15) is 0 Å². The van der Waals surface area contributed by atoms with Crippen molar-refractivity contribution < 1.29 is 4.74 Å². The van der Waals surface area contributed by atoms with Crippen LogP contribution in [0.15, 0.2) is 4.99 Å². The Labute approximate surface area is 115 Å². The molecule has 0 bridgehead atoms. The Balaban J connectivity index is 1.69. The Morgan fingerprint density at radius 2 is 2.22 bits per heavy atom. The third-order valence-electron chi connectivity index (χ3n) is 3.61. The van der Waals surface area contributed by atoms with Crippen LogP contribution in [0.2, 0.25) is 0 Å². The highest BCUT2D eigenvalue weighted by atomic mass is 32.2. The Morgan fingerprint density at radius 1 is 1.44 bits per heavy atom. The quantitative estimate of drug-likeness (QED) is 0.856. The highest BCUT2D eigenvalue weighted by Crippen LogP contribution is 2.31. The van der Waals surface area contributed by atoms with Crippen LogP contribution in [-0.4, -0.2) is 36.2 Å². The van der Waals surface area contributed by atoms with Gasteiger partial charge in [0.1, 0.15) is 0 Å². The lowest BCUT2D eigenvalue weighted by atomic mass is 9.90. The fourth-order valence-corrected chi connectivity index (χ4v) is 3.93. The van der Waals surface area contributed by atoms with E-state index in [1.807, 2.05) is 11.8 Å². The first-order chi connectivity index (χ1) is 8.44. The van der Waals surface area contributed by atoms with Gasteiger partial charge in [-0.15, -0.1) is 0 Å². The zero-order valence-electron chi connectivity index (χ0n) is 12.0. The molecule has 0 aromatic rings. The third kappa shape index (κ3) is 4.16. The van der Waals surface area contributed by atoms with Crippen molar-refractivity contribution in [2.45, 2.75) is 51.9 Å². The van der Waals surface area contributed by atoms with E-state index in [0.717, 1.165) is 24.9 Å². The van der Waals surface area contributed by atoms with Crippen molar-refractivity contribution in [2.75, 3.05) is 19.7 Å². The van der Waals surface area contributed by atoms with Crippen molar-refractivity contribution in [3.8, 4) is 0 Å². The van der Waals surface area contributed by atoms with Gasteiger partial charge in [0.25, 0.3) is 0 Å². The summed E-state index contributed by atoms with van der Waals surface area (Å²) in [5.41, 5.74) is 0.399. The summed E-state index contributed by atoms with van der Waals surface area (Å²) in [7, 11) is 0. The topological polar surface area (TPSA) is 33.6 Å². The van der Waals surface area contributed by atoms with Gasteiger partial charge in [-0.1, -0.05) is 32.5 Å². The van der Waals surface area contributed by atoms with Crippen molar-refractivity contribution >= 4 is 16.9 Å². The van der Waals surface area contributed by atoms with Crippen molar-refractivity contribution in [1.29, 1.82) is 0 Å². The largest absolute Gasteiger partial charge is 0.378 e. The predicted octanol–water partition coefficient (Wildman–Crippen LogP) is 2.91. The fourth-order valence-electron chi connectivity index (χ4n) is 2.57. The summed E-state index contributed by atoms with van der Waals surface area (Å²) in [6.45, 7) is 12.0. The molecule has 1 fully saturated rings. The lowest BCUT2D eigenvalue weighted by molar-refractivity contribution is 0.106. The van der Waals surface area contributed by atoms with Gasteiger partial charge in [0.2, 0.25) is 0 Å². The molecule has 3 nitrogen and oxygen atoms in total. The smallest absolute Gasteiger partial charge is 0.156 e. The minimum atomic E-state index is 0.398. The standard InChI is InChI=1S/C14H26N2OS/c1-10-11(5-6-17-10)8-15-13-16-9-12(18-13)7-14(2,3)4/h10-12H,5-9H2,1-4H3,(H,15,16). The van der Waals surface area contributed by atoms with Gasteiger partial charge >= 0.3 is 0 Å². The van der Waals surface area contributed by atoms with E-state index in [1.165, 1.54) is 12.8 Å². The second kappa shape index (κ2) is 5.83. The number of hydrogen-bond donors (Lipinski definition) is 1. The molecule has 0 amide bonds. The average Bonchev–Trinajstić information content (AvgIpc) is 2.82. The molecule has 0 spiro atoms. The number of hydrogen-bond acceptors (Lipinski definition) is 4. The average molecular weight is 270 g/mol. The summed E-state index contributed by atoms with van der Waals surface area (Å²) >= 11 is 1.92. The van der Waals surface area contributed by atoms with E-state index in [1.54, 1.807) is 0 Å². The molecule has 0 aromatic heterocycles. The van der Waals surface area contributed by atoms with Gasteiger partial charge in [0.15, 0.2) is 5.17 Å². The number of nitrogens with zero attached hydrogens (tertiary/aromatic N) is 1. The van der Waals surface area contributed by atoms with E-state index in [0.29, 0.717) is 22.7 Å². The summed E-state index contributed by atoms with van der Waals surface area (Å²) in [6.07, 6.45) is 2.81. The van der Waals surface area contributed by atoms with Crippen molar-refractivity contribution in [1.82, 2.24) is 5.32 Å². The van der Waals surface area contributed by atoms with Crippen molar-refractivity contribution in [3.05, 3.63) is 0 Å². The molecule has 1 N–H and O–H groups in total. The SMILES string of the molecule is CC1OCCC1CNC1=NCC(CC(C)(C)C)S1. The predicted molar refractivity (Wildman–Crippen MR) is 79.3 cm³/mol. The van der Waals surface area contributed by atoms with Crippen LogP contribution in [0.25, 0.3) is 0 Å². The molecule has 2 heterocycles. The number of rotatable bonds is 3. The van der Waals surface area contributed by atoms with E-state index < -0.39 is 0 Å². The molecule has 0 saturated carbocycles. The van der Waals surface area contributed by atoms with E-state index >= 15 is 0 Å². The van der Waals surface area contributed by atoms with Crippen LogP contribution in [0.4, 0.5) is 0 Å². The van der Waals surface area contributed by atoms with Crippen LogP contribution in [0.5, 0.6) is 0 Å². The first-order valence-corrected chi connectivity index (χ1v) is 7.88. The molecule has 0 aliphatic carbocycles. The zero-order valence-corrected chi connectivity index (χ0v) is 12.8. The molecule has 3 unspecified atom stereocenters. The van der Waals surface area contributed by atoms with Gasteiger partial charge < -0.3 is 10.1 Å². The summed E-state index contributed by atoms with van der Waals surface area (Å²) in [4.78, 5) is 4.61. The molecule has 18 heavy (non-hydrogen) atoms. The first-order valence-electron chi connectivity index (χ1n) is 7.00. The number of nitrogens with one attached hydrogen (secondary N) is 1. The van der Waals surface area contributed by atoms with E-state index in [-0.39, 0.29) is 0 Å². The molecule has 2 aliphatic rings. The molecule has 0 aromatic carbocycles. The minimum Gasteiger partial charge on any atom is -0.378 e. The van der Waals surface area contributed by atoms with Gasteiger partial charge in [0.05, 0.1) is 12.6 Å². The van der Waals surface area contributed by atoms with Crippen LogP contribution in [-0.2, 0) is 4.74 Å². The summed E-state index contributed by atoms with van der Waals surface area (Å²) in [5, 5.41) is 5.30. The van der Waals surface area contributed by atoms with Crippen LogP contribution in [0.3, 0.4) is 0 Å². The number of amidine groups is 1. The van der Waals surface area contributed by atoms with Crippen molar-refractivity contribution in [2.24, 2.45) is 16.3 Å². The van der Waals surface area contributed by atoms with Gasteiger partial charge in [-0.05, 0) is 25.2 Å². The lowest BCUT2D eigenvalue weighted by Crippen LogP contribution is -2.30.